The Hall–Kier alpha value is -2.93. The van der Waals surface area contributed by atoms with Crippen molar-refractivity contribution in [2.75, 3.05) is 0 Å². The Morgan fingerprint density at radius 1 is 0.972 bits per heavy atom. The fourth-order valence-electron chi connectivity index (χ4n) is 7.77. The molecular formula is C29H30N4O2S. The topological polar surface area (TPSA) is 69.3 Å². The van der Waals surface area contributed by atoms with Crippen molar-refractivity contribution in [1.82, 2.24) is 19.2 Å². The second-order valence-electron chi connectivity index (χ2n) is 11.3. The first-order valence-electron chi connectivity index (χ1n) is 13.1. The van der Waals surface area contributed by atoms with E-state index < -0.39 is 0 Å². The summed E-state index contributed by atoms with van der Waals surface area (Å²) in [5, 5.41) is 10.1. The molecule has 0 amide bonds. The summed E-state index contributed by atoms with van der Waals surface area (Å²) in [6, 6.07) is 17.6. The van der Waals surface area contributed by atoms with E-state index in [9.17, 15) is 9.59 Å². The summed E-state index contributed by atoms with van der Waals surface area (Å²) >= 11 is 1.50. The largest absolute Gasteiger partial charge is 0.298 e. The number of thioether (sulfide) groups is 1. The van der Waals surface area contributed by atoms with Gasteiger partial charge in [0.1, 0.15) is 0 Å². The van der Waals surface area contributed by atoms with Crippen molar-refractivity contribution in [1.29, 1.82) is 0 Å². The minimum Gasteiger partial charge on any atom is -0.298 e. The molecule has 4 saturated carbocycles. The van der Waals surface area contributed by atoms with Crippen LogP contribution in [-0.2, 0) is 11.3 Å². The molecule has 1 unspecified atom stereocenters. The van der Waals surface area contributed by atoms with Crippen molar-refractivity contribution in [3.05, 3.63) is 70.5 Å². The lowest BCUT2D eigenvalue weighted by atomic mass is 9.48. The van der Waals surface area contributed by atoms with Gasteiger partial charge in [0.05, 0.1) is 22.7 Å². The molecule has 0 aliphatic heterocycles. The van der Waals surface area contributed by atoms with E-state index in [4.69, 9.17) is 0 Å². The lowest BCUT2D eigenvalue weighted by molar-refractivity contribution is -0.142. The Bertz CT molecular complexity index is 1500. The van der Waals surface area contributed by atoms with Crippen molar-refractivity contribution in [2.45, 2.75) is 62.4 Å². The smallest absolute Gasteiger partial charge is 0.263 e. The van der Waals surface area contributed by atoms with Gasteiger partial charge in [-0.05, 0) is 80.9 Å². The molecule has 2 aromatic carbocycles. The number of aromatic nitrogens is 4. The maximum absolute atomic E-state index is 14.0. The van der Waals surface area contributed by atoms with Gasteiger partial charge >= 0.3 is 0 Å². The van der Waals surface area contributed by atoms with Crippen LogP contribution in [0.5, 0.6) is 0 Å². The third kappa shape index (κ3) is 3.46. The number of hydrogen-bond acceptors (Lipinski definition) is 5. The van der Waals surface area contributed by atoms with Gasteiger partial charge in [0.15, 0.2) is 10.9 Å². The minimum absolute atomic E-state index is 0.0800. The number of fused-ring (bicyclic) bond motifs is 3. The summed E-state index contributed by atoms with van der Waals surface area (Å²) in [5.74, 6) is 3.12. The number of Topliss-reactive ketones (excluding diaryl/α,β-unsaturated/α-hetero) is 1. The van der Waals surface area contributed by atoms with Crippen LogP contribution >= 0.6 is 11.8 Å². The van der Waals surface area contributed by atoms with Crippen LogP contribution in [0.4, 0.5) is 0 Å². The van der Waals surface area contributed by atoms with E-state index in [2.05, 4.69) is 10.2 Å². The van der Waals surface area contributed by atoms with Gasteiger partial charge in [0, 0.05) is 5.41 Å². The number of para-hydroxylation sites is 1. The van der Waals surface area contributed by atoms with Gasteiger partial charge in [0.2, 0.25) is 5.78 Å². The van der Waals surface area contributed by atoms with Gasteiger partial charge in [-0.15, -0.1) is 10.2 Å². The predicted octanol–water partition coefficient (Wildman–Crippen LogP) is 5.36. The number of rotatable bonds is 6. The summed E-state index contributed by atoms with van der Waals surface area (Å²) in [7, 11) is 0. The fraction of sp³-hybridized carbons (Fsp3) is 0.448. The van der Waals surface area contributed by atoms with Crippen LogP contribution in [-0.4, -0.2) is 30.2 Å². The molecule has 6 nitrogen and oxygen atoms in total. The Morgan fingerprint density at radius 2 is 1.61 bits per heavy atom. The summed E-state index contributed by atoms with van der Waals surface area (Å²) in [6.45, 7) is 2.45. The number of hydrogen-bond donors (Lipinski definition) is 0. The van der Waals surface area contributed by atoms with Crippen LogP contribution < -0.4 is 5.56 Å². The molecule has 4 aromatic rings. The highest BCUT2D eigenvalue weighted by atomic mass is 32.2. The second-order valence-corrected chi connectivity index (χ2v) is 12.6. The highest BCUT2D eigenvalue weighted by Crippen LogP contribution is 2.61. The van der Waals surface area contributed by atoms with E-state index in [0.29, 0.717) is 28.6 Å². The van der Waals surface area contributed by atoms with Crippen molar-refractivity contribution in [3.63, 3.8) is 0 Å². The van der Waals surface area contributed by atoms with Crippen molar-refractivity contribution < 1.29 is 4.79 Å². The van der Waals surface area contributed by atoms with Gasteiger partial charge < -0.3 is 0 Å². The van der Waals surface area contributed by atoms with Crippen LogP contribution in [0.25, 0.3) is 16.7 Å². The number of nitrogens with zero attached hydrogens (tertiary/aromatic N) is 4. The molecule has 1 atom stereocenters. The fourth-order valence-corrected chi connectivity index (χ4v) is 8.82. The first-order chi connectivity index (χ1) is 17.5. The maximum atomic E-state index is 14.0. The van der Waals surface area contributed by atoms with Crippen molar-refractivity contribution in [3.8, 4) is 0 Å². The predicted molar refractivity (Wildman–Crippen MR) is 141 cm³/mol. The lowest BCUT2D eigenvalue weighted by Crippen LogP contribution is -2.51. The Labute approximate surface area is 214 Å². The van der Waals surface area contributed by atoms with Crippen LogP contribution in [0.1, 0.15) is 51.0 Å². The number of carbonyl (C=O) groups excluding carboxylic acids is 1. The van der Waals surface area contributed by atoms with Gasteiger partial charge in [-0.25, -0.2) is 0 Å². The Morgan fingerprint density at radius 3 is 2.31 bits per heavy atom. The average molecular weight is 499 g/mol. The molecule has 0 N–H and O–H groups in total. The van der Waals surface area contributed by atoms with E-state index in [1.54, 1.807) is 4.57 Å². The molecule has 0 spiro atoms. The molecule has 184 valence electrons. The van der Waals surface area contributed by atoms with Gasteiger partial charge in [0.25, 0.3) is 5.56 Å². The molecule has 36 heavy (non-hydrogen) atoms. The summed E-state index contributed by atoms with van der Waals surface area (Å²) in [5.41, 5.74) is 1.59. The van der Waals surface area contributed by atoms with Gasteiger partial charge in [-0.2, -0.15) is 0 Å². The van der Waals surface area contributed by atoms with E-state index in [1.165, 1.54) is 31.0 Å². The number of benzene rings is 2. The zero-order valence-electron chi connectivity index (χ0n) is 20.5. The van der Waals surface area contributed by atoms with Crippen LogP contribution in [0.2, 0.25) is 0 Å². The van der Waals surface area contributed by atoms with Crippen LogP contribution in [0.3, 0.4) is 0 Å². The van der Waals surface area contributed by atoms with E-state index in [-0.39, 0.29) is 16.2 Å². The van der Waals surface area contributed by atoms with Gasteiger partial charge in [-0.1, -0.05) is 54.2 Å². The average Bonchev–Trinajstić information content (AvgIpc) is 3.29. The first kappa shape index (κ1) is 22.3. The monoisotopic (exact) mass is 498 g/mol. The molecule has 4 aliphatic rings. The molecule has 2 aromatic heterocycles. The summed E-state index contributed by atoms with van der Waals surface area (Å²) in [4.78, 5) is 27.4. The number of ketones is 1. The molecule has 4 bridgehead atoms. The quantitative estimate of drug-likeness (QED) is 0.335. The third-order valence-electron chi connectivity index (χ3n) is 8.87. The van der Waals surface area contributed by atoms with Crippen LogP contribution in [0.15, 0.2) is 64.5 Å². The van der Waals surface area contributed by atoms with E-state index in [0.717, 1.165) is 48.1 Å². The molecule has 4 aliphatic carbocycles. The zero-order chi connectivity index (χ0) is 24.4. The SMILES string of the molecule is CC(Sc1nnc2n(Cc3ccccc3)c(=O)c3ccccc3n12)C(=O)C12CC3CC(CC(C3)C1)C2. The highest BCUT2D eigenvalue weighted by Gasteiger charge is 2.55. The summed E-state index contributed by atoms with van der Waals surface area (Å²) in [6.07, 6.45) is 7.20. The normalized spacial score (nSPS) is 27.6. The molecule has 4 fully saturated rings. The van der Waals surface area contributed by atoms with Crippen molar-refractivity contribution >= 4 is 34.2 Å². The highest BCUT2D eigenvalue weighted by molar-refractivity contribution is 8.00. The van der Waals surface area contributed by atoms with E-state index >= 15 is 0 Å². The Kier molecular flexibility index (Phi) is 5.14. The molecule has 8 rings (SSSR count). The zero-order valence-corrected chi connectivity index (χ0v) is 21.3. The Balaban J connectivity index is 1.27. The molecule has 2 heterocycles. The molecule has 7 heteroatoms. The number of carbonyl (C=O) groups is 1. The third-order valence-corrected chi connectivity index (χ3v) is 9.92. The second kappa shape index (κ2) is 8.30. The van der Waals surface area contributed by atoms with Crippen LogP contribution in [0, 0.1) is 23.2 Å². The first-order valence-corrected chi connectivity index (χ1v) is 14.0. The maximum Gasteiger partial charge on any atom is 0.263 e. The van der Waals surface area contributed by atoms with Crippen molar-refractivity contribution in [2.24, 2.45) is 23.2 Å². The lowest BCUT2D eigenvalue weighted by Gasteiger charge is -2.56. The molecular weight excluding hydrogens is 468 g/mol. The van der Waals surface area contributed by atoms with E-state index in [1.807, 2.05) is 65.9 Å². The summed E-state index contributed by atoms with van der Waals surface area (Å²) < 4.78 is 3.66. The standard InChI is InChI=1S/C29H30N4O2S/c1-18(25(34)29-14-20-11-21(15-29)13-22(12-20)16-29)36-28-31-30-27-32(17-19-7-3-2-4-8-19)26(35)23-9-5-6-10-24(23)33(27)28/h2-10,18,20-22H,11-17H2,1H3. The minimum atomic E-state index is -0.207. The molecule has 0 radical (unpaired) electrons. The van der Waals surface area contributed by atoms with Gasteiger partial charge in [-0.3, -0.25) is 18.6 Å². The molecule has 0 saturated heterocycles.